The second-order valence-corrected chi connectivity index (χ2v) is 4.53. The van der Waals surface area contributed by atoms with Gasteiger partial charge in [0.2, 0.25) is 0 Å². The molecule has 0 N–H and O–H groups in total. The lowest BCUT2D eigenvalue weighted by atomic mass is 10.0. The zero-order valence-corrected chi connectivity index (χ0v) is 10.2. The first-order valence-electron chi connectivity index (χ1n) is 5.70. The van der Waals surface area contributed by atoms with Gasteiger partial charge in [0, 0.05) is 13.2 Å². The van der Waals surface area contributed by atoms with Gasteiger partial charge in [-0.15, -0.1) is 0 Å². The summed E-state index contributed by atoms with van der Waals surface area (Å²) in [6, 6.07) is 7.13. The zero-order chi connectivity index (χ0) is 12.1. The second kappa shape index (κ2) is 5.90. The first-order valence-corrected chi connectivity index (χ1v) is 6.07. The monoisotopic (exact) mass is 251 g/mol. The third kappa shape index (κ3) is 3.36. The smallest absolute Gasteiger partial charge is 0.137 e. The number of benzene rings is 1. The van der Waals surface area contributed by atoms with E-state index in [1.54, 1.807) is 18.2 Å². The third-order valence-corrected chi connectivity index (χ3v) is 3.17. The summed E-state index contributed by atoms with van der Waals surface area (Å²) in [5.74, 6) is 1.19. The molecule has 1 aromatic carbocycles. The van der Waals surface area contributed by atoms with Crippen LogP contribution >= 0.6 is 11.6 Å². The molecule has 0 unspecified atom stereocenters. The molecule has 0 amide bonds. The van der Waals surface area contributed by atoms with Gasteiger partial charge in [0.05, 0.1) is 23.3 Å². The molecular formula is C13H14ClNO2. The predicted molar refractivity (Wildman–Crippen MR) is 65.2 cm³/mol. The van der Waals surface area contributed by atoms with Gasteiger partial charge in [-0.05, 0) is 37.0 Å². The molecule has 0 aliphatic carbocycles. The van der Waals surface area contributed by atoms with Crippen LogP contribution in [0.15, 0.2) is 18.2 Å². The summed E-state index contributed by atoms with van der Waals surface area (Å²) >= 11 is 6.03. The molecule has 0 spiro atoms. The average Bonchev–Trinajstić information content (AvgIpc) is 2.38. The lowest BCUT2D eigenvalue weighted by Gasteiger charge is -2.22. The molecule has 1 heterocycles. The second-order valence-electron chi connectivity index (χ2n) is 4.12. The van der Waals surface area contributed by atoms with Crippen LogP contribution in [0.2, 0.25) is 5.02 Å². The maximum atomic E-state index is 8.72. The van der Waals surface area contributed by atoms with Gasteiger partial charge in [0.1, 0.15) is 5.75 Å². The number of ether oxygens (including phenoxy) is 2. The van der Waals surface area contributed by atoms with Gasteiger partial charge in [-0.2, -0.15) is 5.26 Å². The van der Waals surface area contributed by atoms with Crippen LogP contribution in [-0.2, 0) is 4.74 Å². The van der Waals surface area contributed by atoms with Crippen molar-refractivity contribution in [2.45, 2.75) is 12.8 Å². The third-order valence-electron chi connectivity index (χ3n) is 2.88. The van der Waals surface area contributed by atoms with Crippen LogP contribution in [-0.4, -0.2) is 19.8 Å². The van der Waals surface area contributed by atoms with Gasteiger partial charge in [0.15, 0.2) is 0 Å². The standard InChI is InChI=1S/C13H14ClNO2/c14-12-7-11(8-15)1-2-13(12)17-9-10-3-5-16-6-4-10/h1-2,7,10H,3-6,9H2. The Morgan fingerprint density at radius 3 is 2.82 bits per heavy atom. The largest absolute Gasteiger partial charge is 0.492 e. The van der Waals surface area contributed by atoms with E-state index in [9.17, 15) is 0 Å². The van der Waals surface area contributed by atoms with Crippen molar-refractivity contribution in [3.8, 4) is 11.8 Å². The summed E-state index contributed by atoms with van der Waals surface area (Å²) in [4.78, 5) is 0. The molecule has 4 heteroatoms. The van der Waals surface area contributed by atoms with E-state index in [1.807, 2.05) is 6.07 Å². The van der Waals surface area contributed by atoms with Crippen molar-refractivity contribution in [3.05, 3.63) is 28.8 Å². The molecule has 0 bridgehead atoms. The first-order chi connectivity index (χ1) is 8.29. The van der Waals surface area contributed by atoms with Crippen molar-refractivity contribution in [1.29, 1.82) is 5.26 Å². The van der Waals surface area contributed by atoms with Gasteiger partial charge in [-0.1, -0.05) is 11.6 Å². The van der Waals surface area contributed by atoms with Gasteiger partial charge < -0.3 is 9.47 Å². The van der Waals surface area contributed by atoms with Crippen LogP contribution in [0.5, 0.6) is 5.75 Å². The van der Waals surface area contributed by atoms with Crippen molar-refractivity contribution in [2.24, 2.45) is 5.92 Å². The Balaban J connectivity index is 1.92. The Labute approximate surface area is 106 Å². The van der Waals surface area contributed by atoms with E-state index in [-0.39, 0.29) is 0 Å². The number of rotatable bonds is 3. The van der Waals surface area contributed by atoms with Crippen LogP contribution in [0.4, 0.5) is 0 Å². The normalized spacial score (nSPS) is 16.5. The van der Waals surface area contributed by atoms with E-state index in [2.05, 4.69) is 0 Å². The Morgan fingerprint density at radius 1 is 1.41 bits per heavy atom. The molecule has 2 rings (SSSR count). The topological polar surface area (TPSA) is 42.2 Å². The molecule has 1 aliphatic rings. The minimum atomic E-state index is 0.496. The van der Waals surface area contributed by atoms with Crippen molar-refractivity contribution < 1.29 is 9.47 Å². The maximum absolute atomic E-state index is 8.72. The quantitative estimate of drug-likeness (QED) is 0.829. The van der Waals surface area contributed by atoms with Gasteiger partial charge in [-0.3, -0.25) is 0 Å². The molecule has 0 saturated carbocycles. The molecule has 1 aliphatic heterocycles. The zero-order valence-electron chi connectivity index (χ0n) is 9.49. The fourth-order valence-corrected chi connectivity index (χ4v) is 2.04. The minimum absolute atomic E-state index is 0.496. The fraction of sp³-hybridized carbons (Fsp3) is 0.462. The van der Waals surface area contributed by atoms with Crippen molar-refractivity contribution >= 4 is 11.6 Å². The van der Waals surface area contributed by atoms with E-state index in [1.165, 1.54) is 0 Å². The maximum Gasteiger partial charge on any atom is 0.137 e. The van der Waals surface area contributed by atoms with Gasteiger partial charge in [0.25, 0.3) is 0 Å². The lowest BCUT2D eigenvalue weighted by molar-refractivity contribution is 0.0498. The highest BCUT2D eigenvalue weighted by atomic mass is 35.5. The van der Waals surface area contributed by atoms with Crippen molar-refractivity contribution in [3.63, 3.8) is 0 Å². The summed E-state index contributed by atoms with van der Waals surface area (Å²) in [5.41, 5.74) is 0.549. The molecule has 0 atom stereocenters. The van der Waals surface area contributed by atoms with Gasteiger partial charge in [-0.25, -0.2) is 0 Å². The highest BCUT2D eigenvalue weighted by Gasteiger charge is 2.15. The van der Waals surface area contributed by atoms with Crippen molar-refractivity contribution in [2.75, 3.05) is 19.8 Å². The van der Waals surface area contributed by atoms with Crippen LogP contribution in [0, 0.1) is 17.2 Å². The fourth-order valence-electron chi connectivity index (χ4n) is 1.81. The van der Waals surface area contributed by atoms with E-state index in [0.717, 1.165) is 26.1 Å². The van der Waals surface area contributed by atoms with E-state index >= 15 is 0 Å². The highest BCUT2D eigenvalue weighted by molar-refractivity contribution is 6.32. The van der Waals surface area contributed by atoms with E-state index < -0.39 is 0 Å². The van der Waals surface area contributed by atoms with E-state index in [4.69, 9.17) is 26.3 Å². The molecule has 90 valence electrons. The SMILES string of the molecule is N#Cc1ccc(OCC2CCOCC2)c(Cl)c1. The molecule has 3 nitrogen and oxygen atoms in total. The van der Waals surface area contributed by atoms with Crippen molar-refractivity contribution in [1.82, 2.24) is 0 Å². The number of nitriles is 1. The summed E-state index contributed by atoms with van der Waals surface area (Å²) in [6.45, 7) is 2.29. The summed E-state index contributed by atoms with van der Waals surface area (Å²) in [5, 5.41) is 9.22. The highest BCUT2D eigenvalue weighted by Crippen LogP contribution is 2.26. The summed E-state index contributed by atoms with van der Waals surface area (Å²) in [7, 11) is 0. The Morgan fingerprint density at radius 2 is 2.18 bits per heavy atom. The van der Waals surface area contributed by atoms with Gasteiger partial charge >= 0.3 is 0 Å². The number of hydrogen-bond donors (Lipinski definition) is 0. The van der Waals surface area contributed by atoms with Crippen LogP contribution in [0.25, 0.3) is 0 Å². The summed E-state index contributed by atoms with van der Waals surface area (Å²) in [6.07, 6.45) is 2.07. The molecule has 0 radical (unpaired) electrons. The lowest BCUT2D eigenvalue weighted by Crippen LogP contribution is -2.21. The number of halogens is 1. The average molecular weight is 252 g/mol. The molecule has 0 aromatic heterocycles. The first kappa shape index (κ1) is 12.2. The predicted octanol–water partition coefficient (Wildman–Crippen LogP) is 3.02. The minimum Gasteiger partial charge on any atom is -0.492 e. The molecule has 17 heavy (non-hydrogen) atoms. The Hall–Kier alpha value is -1.24. The molecule has 1 aromatic rings. The molecular weight excluding hydrogens is 238 g/mol. The van der Waals surface area contributed by atoms with Crippen LogP contribution in [0.3, 0.4) is 0 Å². The molecule has 1 fully saturated rings. The van der Waals surface area contributed by atoms with Crippen LogP contribution < -0.4 is 4.74 Å². The van der Waals surface area contributed by atoms with E-state index in [0.29, 0.717) is 28.9 Å². The number of hydrogen-bond acceptors (Lipinski definition) is 3. The summed E-state index contributed by atoms with van der Waals surface area (Å²) < 4.78 is 11.0. The molecule has 1 saturated heterocycles. The Bertz CT molecular complexity index is 422. The van der Waals surface area contributed by atoms with Crippen LogP contribution in [0.1, 0.15) is 18.4 Å². The number of nitrogens with zero attached hydrogens (tertiary/aromatic N) is 1. The Kier molecular flexibility index (Phi) is 4.24.